The highest BCUT2D eigenvalue weighted by atomic mass is 16.5. The molecule has 140 valence electrons. The lowest BCUT2D eigenvalue weighted by Gasteiger charge is -2.35. The van der Waals surface area contributed by atoms with Crippen LogP contribution in [0.4, 0.5) is 0 Å². The van der Waals surface area contributed by atoms with E-state index in [0.29, 0.717) is 17.8 Å². The molecule has 27 heavy (non-hydrogen) atoms. The van der Waals surface area contributed by atoms with Gasteiger partial charge in [0.1, 0.15) is 11.4 Å². The van der Waals surface area contributed by atoms with Gasteiger partial charge in [-0.1, -0.05) is 23.4 Å². The van der Waals surface area contributed by atoms with Gasteiger partial charge in [-0.2, -0.15) is 4.98 Å². The Labute approximate surface area is 159 Å². The molecule has 4 rings (SSSR count). The molecule has 0 aliphatic carbocycles. The summed E-state index contributed by atoms with van der Waals surface area (Å²) in [5.41, 5.74) is 2.03. The first-order valence-corrected chi connectivity index (χ1v) is 9.37. The molecule has 0 N–H and O–H groups in total. The van der Waals surface area contributed by atoms with E-state index in [2.05, 4.69) is 45.1 Å². The number of pyridine rings is 1. The number of hydrogen-bond acceptors (Lipinski definition) is 6. The van der Waals surface area contributed by atoms with Crippen molar-refractivity contribution in [2.45, 2.75) is 31.7 Å². The lowest BCUT2D eigenvalue weighted by molar-refractivity contribution is 0.151. The molecule has 0 bridgehead atoms. The maximum Gasteiger partial charge on any atom is 0.230 e. The van der Waals surface area contributed by atoms with Crippen LogP contribution < -0.4 is 4.74 Å². The average molecular weight is 364 g/mol. The zero-order valence-corrected chi connectivity index (χ0v) is 15.7. The number of piperidine rings is 1. The van der Waals surface area contributed by atoms with Crippen LogP contribution in [0.1, 0.15) is 43.2 Å². The predicted molar refractivity (Wildman–Crippen MR) is 102 cm³/mol. The largest absolute Gasteiger partial charge is 0.497 e. The zero-order valence-electron chi connectivity index (χ0n) is 15.7. The fraction of sp³-hybridized carbons (Fsp3) is 0.381. The molecular weight excluding hydrogens is 340 g/mol. The van der Waals surface area contributed by atoms with Crippen LogP contribution in [0.2, 0.25) is 0 Å². The number of methoxy groups -OCH3 is 1. The Morgan fingerprint density at radius 2 is 2.00 bits per heavy atom. The standard InChI is InChI=1S/C21H24N4O2/c1-15(17-6-5-7-18(14-17)26-2)25-12-9-16(10-13-25)21-23-20(24-27-21)19-8-3-4-11-22-19/h3-8,11,14-16H,9-10,12-13H2,1-2H3. The number of likely N-dealkylation sites (tertiary alicyclic amines) is 1. The van der Waals surface area contributed by atoms with E-state index in [1.807, 2.05) is 24.3 Å². The Hall–Kier alpha value is -2.73. The predicted octanol–water partition coefficient (Wildman–Crippen LogP) is 4.08. The van der Waals surface area contributed by atoms with E-state index in [9.17, 15) is 0 Å². The van der Waals surface area contributed by atoms with Crippen LogP contribution in [-0.2, 0) is 0 Å². The summed E-state index contributed by atoms with van der Waals surface area (Å²) >= 11 is 0. The van der Waals surface area contributed by atoms with E-state index >= 15 is 0 Å². The van der Waals surface area contributed by atoms with Crippen molar-refractivity contribution in [3.63, 3.8) is 0 Å². The number of nitrogens with zero attached hydrogens (tertiary/aromatic N) is 4. The van der Waals surface area contributed by atoms with Crippen molar-refractivity contribution in [1.29, 1.82) is 0 Å². The molecule has 0 spiro atoms. The highest BCUT2D eigenvalue weighted by Crippen LogP contribution is 2.32. The molecule has 1 aromatic carbocycles. The Kier molecular flexibility index (Phi) is 5.16. The van der Waals surface area contributed by atoms with Gasteiger partial charge in [-0.3, -0.25) is 9.88 Å². The lowest BCUT2D eigenvalue weighted by atomic mass is 9.94. The molecule has 1 saturated heterocycles. The van der Waals surface area contributed by atoms with Gasteiger partial charge in [-0.05, 0) is 62.7 Å². The summed E-state index contributed by atoms with van der Waals surface area (Å²) in [6, 6.07) is 14.4. The minimum atomic E-state index is 0.309. The van der Waals surface area contributed by atoms with Crippen LogP contribution in [0.5, 0.6) is 5.75 Å². The number of hydrogen-bond donors (Lipinski definition) is 0. The number of benzene rings is 1. The Bertz CT molecular complexity index is 873. The number of rotatable bonds is 5. The average Bonchev–Trinajstić information content (AvgIpc) is 3.24. The van der Waals surface area contributed by atoms with Crippen molar-refractivity contribution in [2.24, 2.45) is 0 Å². The van der Waals surface area contributed by atoms with E-state index in [1.54, 1.807) is 13.3 Å². The van der Waals surface area contributed by atoms with Gasteiger partial charge >= 0.3 is 0 Å². The lowest BCUT2D eigenvalue weighted by Crippen LogP contribution is -2.35. The third-order valence-electron chi connectivity index (χ3n) is 5.34. The molecule has 0 radical (unpaired) electrons. The van der Waals surface area contributed by atoms with E-state index < -0.39 is 0 Å². The van der Waals surface area contributed by atoms with Gasteiger partial charge in [0.15, 0.2) is 0 Å². The molecule has 2 aromatic heterocycles. The smallest absolute Gasteiger partial charge is 0.230 e. The Morgan fingerprint density at radius 3 is 2.74 bits per heavy atom. The molecule has 1 unspecified atom stereocenters. The van der Waals surface area contributed by atoms with Crippen LogP contribution in [0, 0.1) is 0 Å². The van der Waals surface area contributed by atoms with Crippen molar-refractivity contribution >= 4 is 0 Å². The Balaban J connectivity index is 1.39. The molecule has 3 aromatic rings. The van der Waals surface area contributed by atoms with Gasteiger partial charge in [0, 0.05) is 18.2 Å². The van der Waals surface area contributed by atoms with Gasteiger partial charge < -0.3 is 9.26 Å². The normalized spacial score (nSPS) is 17.0. The highest BCUT2D eigenvalue weighted by Gasteiger charge is 2.28. The monoisotopic (exact) mass is 364 g/mol. The van der Waals surface area contributed by atoms with Crippen LogP contribution in [0.15, 0.2) is 53.2 Å². The van der Waals surface area contributed by atoms with E-state index in [-0.39, 0.29) is 0 Å². The number of ether oxygens (including phenoxy) is 1. The molecule has 0 saturated carbocycles. The third-order valence-corrected chi connectivity index (χ3v) is 5.34. The molecule has 1 atom stereocenters. The molecule has 1 aliphatic rings. The van der Waals surface area contributed by atoms with E-state index in [1.165, 1.54) is 5.56 Å². The minimum Gasteiger partial charge on any atom is -0.497 e. The summed E-state index contributed by atoms with van der Waals surface area (Å²) < 4.78 is 10.9. The van der Waals surface area contributed by atoms with Crippen molar-refractivity contribution in [2.75, 3.05) is 20.2 Å². The van der Waals surface area contributed by atoms with Crippen molar-refractivity contribution in [3.05, 3.63) is 60.1 Å². The summed E-state index contributed by atoms with van der Waals surface area (Å²) in [4.78, 5) is 11.4. The van der Waals surface area contributed by atoms with Crippen molar-refractivity contribution in [1.82, 2.24) is 20.0 Å². The molecule has 1 aliphatic heterocycles. The second kappa shape index (κ2) is 7.88. The summed E-state index contributed by atoms with van der Waals surface area (Å²) in [6.45, 7) is 4.26. The summed E-state index contributed by atoms with van der Waals surface area (Å²) in [6.07, 6.45) is 3.76. The highest BCUT2D eigenvalue weighted by molar-refractivity contribution is 5.47. The van der Waals surface area contributed by atoms with Gasteiger partial charge in [0.25, 0.3) is 0 Å². The van der Waals surface area contributed by atoms with Gasteiger partial charge in [0.2, 0.25) is 11.7 Å². The van der Waals surface area contributed by atoms with Gasteiger partial charge in [-0.15, -0.1) is 0 Å². The van der Waals surface area contributed by atoms with E-state index in [4.69, 9.17) is 9.26 Å². The van der Waals surface area contributed by atoms with Crippen LogP contribution in [0.25, 0.3) is 11.5 Å². The number of aromatic nitrogens is 3. The second-order valence-electron chi connectivity index (χ2n) is 6.93. The fourth-order valence-corrected chi connectivity index (χ4v) is 3.65. The maximum absolute atomic E-state index is 5.53. The van der Waals surface area contributed by atoms with E-state index in [0.717, 1.165) is 43.3 Å². The Morgan fingerprint density at radius 1 is 1.15 bits per heavy atom. The SMILES string of the molecule is COc1cccc(C(C)N2CCC(c3nc(-c4ccccn4)no3)CC2)c1. The second-order valence-corrected chi connectivity index (χ2v) is 6.93. The molecule has 6 nitrogen and oxygen atoms in total. The topological polar surface area (TPSA) is 64.3 Å². The molecule has 1 fully saturated rings. The van der Waals surface area contributed by atoms with Crippen LogP contribution in [-0.4, -0.2) is 40.2 Å². The molecular formula is C21H24N4O2. The molecule has 6 heteroatoms. The minimum absolute atomic E-state index is 0.309. The van der Waals surface area contributed by atoms with Gasteiger partial charge in [-0.25, -0.2) is 0 Å². The first kappa shape index (κ1) is 17.7. The van der Waals surface area contributed by atoms with Crippen LogP contribution in [0.3, 0.4) is 0 Å². The molecule has 3 heterocycles. The molecule has 0 amide bonds. The van der Waals surface area contributed by atoms with Crippen molar-refractivity contribution in [3.8, 4) is 17.3 Å². The van der Waals surface area contributed by atoms with Gasteiger partial charge in [0.05, 0.1) is 7.11 Å². The quantitative estimate of drug-likeness (QED) is 0.680. The summed E-state index contributed by atoms with van der Waals surface area (Å²) in [7, 11) is 1.71. The third kappa shape index (κ3) is 3.85. The maximum atomic E-state index is 5.53. The first-order valence-electron chi connectivity index (χ1n) is 9.37. The zero-order chi connectivity index (χ0) is 18.6. The summed E-state index contributed by atoms with van der Waals surface area (Å²) in [5.74, 6) is 2.51. The fourth-order valence-electron chi connectivity index (χ4n) is 3.65. The first-order chi connectivity index (χ1) is 13.2. The van der Waals surface area contributed by atoms with Crippen molar-refractivity contribution < 1.29 is 9.26 Å². The van der Waals surface area contributed by atoms with Crippen LogP contribution >= 0.6 is 0 Å². The summed E-state index contributed by atoms with van der Waals surface area (Å²) in [5, 5.41) is 4.11.